The van der Waals surface area contributed by atoms with E-state index in [9.17, 15) is 0 Å². The SMILES string of the molecule is COc1ccc(CNC(CO)CO)c(OC)c1. The summed E-state index contributed by atoms with van der Waals surface area (Å²) >= 11 is 0. The number of aliphatic hydroxyl groups is 2. The van der Waals surface area contributed by atoms with E-state index in [1.807, 2.05) is 12.1 Å². The van der Waals surface area contributed by atoms with Crippen LogP contribution in [0.25, 0.3) is 0 Å². The molecular formula is C12H19NO4. The zero-order chi connectivity index (χ0) is 12.7. The molecule has 17 heavy (non-hydrogen) atoms. The van der Waals surface area contributed by atoms with E-state index in [2.05, 4.69) is 5.32 Å². The Balaban J connectivity index is 2.70. The maximum absolute atomic E-state index is 8.94. The van der Waals surface area contributed by atoms with Gasteiger partial charge in [0.15, 0.2) is 0 Å². The highest BCUT2D eigenvalue weighted by atomic mass is 16.5. The van der Waals surface area contributed by atoms with Crippen molar-refractivity contribution in [2.75, 3.05) is 27.4 Å². The lowest BCUT2D eigenvalue weighted by molar-refractivity contribution is 0.170. The van der Waals surface area contributed by atoms with Crippen LogP contribution < -0.4 is 14.8 Å². The average Bonchev–Trinajstić information content (AvgIpc) is 2.39. The van der Waals surface area contributed by atoms with E-state index in [0.717, 1.165) is 11.3 Å². The van der Waals surface area contributed by atoms with Gasteiger partial charge in [-0.2, -0.15) is 0 Å². The molecule has 0 heterocycles. The molecule has 5 nitrogen and oxygen atoms in total. The minimum atomic E-state index is -0.318. The third-order valence-corrected chi connectivity index (χ3v) is 2.52. The van der Waals surface area contributed by atoms with Crippen LogP contribution >= 0.6 is 0 Å². The number of methoxy groups -OCH3 is 2. The molecule has 0 saturated heterocycles. The van der Waals surface area contributed by atoms with E-state index in [4.69, 9.17) is 19.7 Å². The first kappa shape index (κ1) is 13.8. The molecule has 0 atom stereocenters. The zero-order valence-electron chi connectivity index (χ0n) is 10.1. The smallest absolute Gasteiger partial charge is 0.127 e. The van der Waals surface area contributed by atoms with Crippen LogP contribution in [0.5, 0.6) is 11.5 Å². The Morgan fingerprint density at radius 1 is 1.18 bits per heavy atom. The Hall–Kier alpha value is -1.30. The van der Waals surface area contributed by atoms with Gasteiger partial charge >= 0.3 is 0 Å². The van der Waals surface area contributed by atoms with Crippen LogP contribution in [0, 0.1) is 0 Å². The standard InChI is InChI=1S/C12H19NO4/c1-16-11-4-3-9(12(5-11)17-2)6-13-10(7-14)8-15/h3-5,10,13-15H,6-8H2,1-2H3. The molecule has 1 aromatic rings. The van der Waals surface area contributed by atoms with Crippen molar-refractivity contribution >= 4 is 0 Å². The molecule has 1 aromatic carbocycles. The predicted molar refractivity (Wildman–Crippen MR) is 64.3 cm³/mol. The van der Waals surface area contributed by atoms with Crippen LogP contribution in [0.1, 0.15) is 5.56 Å². The predicted octanol–water partition coefficient (Wildman–Crippen LogP) is 0.147. The van der Waals surface area contributed by atoms with Gasteiger partial charge in [-0.1, -0.05) is 6.07 Å². The summed E-state index contributed by atoms with van der Waals surface area (Å²) in [6.45, 7) is 0.308. The summed E-state index contributed by atoms with van der Waals surface area (Å²) < 4.78 is 10.3. The number of ether oxygens (including phenoxy) is 2. The van der Waals surface area contributed by atoms with Gasteiger partial charge in [0, 0.05) is 18.2 Å². The van der Waals surface area contributed by atoms with Crippen molar-refractivity contribution in [3.8, 4) is 11.5 Å². The summed E-state index contributed by atoms with van der Waals surface area (Å²) in [6.07, 6.45) is 0. The molecule has 5 heteroatoms. The van der Waals surface area contributed by atoms with Crippen molar-refractivity contribution in [2.45, 2.75) is 12.6 Å². The van der Waals surface area contributed by atoms with Crippen molar-refractivity contribution in [1.82, 2.24) is 5.32 Å². The molecule has 0 unspecified atom stereocenters. The average molecular weight is 241 g/mol. The number of hydrogen-bond acceptors (Lipinski definition) is 5. The largest absolute Gasteiger partial charge is 0.497 e. The van der Waals surface area contributed by atoms with Crippen LogP contribution in [0.4, 0.5) is 0 Å². The van der Waals surface area contributed by atoms with Crippen molar-refractivity contribution < 1.29 is 19.7 Å². The molecule has 0 aromatic heterocycles. The normalized spacial score (nSPS) is 10.6. The molecule has 0 fully saturated rings. The Morgan fingerprint density at radius 2 is 1.88 bits per heavy atom. The number of hydrogen-bond donors (Lipinski definition) is 3. The summed E-state index contributed by atoms with van der Waals surface area (Å²) in [5, 5.41) is 20.9. The van der Waals surface area contributed by atoms with Gasteiger partial charge in [0.25, 0.3) is 0 Å². The van der Waals surface area contributed by atoms with E-state index in [1.165, 1.54) is 0 Å². The molecule has 3 N–H and O–H groups in total. The van der Waals surface area contributed by atoms with Crippen LogP contribution in [-0.2, 0) is 6.54 Å². The molecule has 0 radical (unpaired) electrons. The maximum Gasteiger partial charge on any atom is 0.127 e. The number of aliphatic hydroxyl groups excluding tert-OH is 2. The van der Waals surface area contributed by atoms with Gasteiger partial charge < -0.3 is 25.0 Å². The van der Waals surface area contributed by atoms with Crippen LogP contribution in [0.2, 0.25) is 0 Å². The first-order chi connectivity index (χ1) is 8.24. The highest BCUT2D eigenvalue weighted by Gasteiger charge is 2.08. The summed E-state index contributed by atoms with van der Waals surface area (Å²) in [5.74, 6) is 1.44. The number of rotatable bonds is 7. The lowest BCUT2D eigenvalue weighted by Crippen LogP contribution is -2.35. The van der Waals surface area contributed by atoms with Crippen LogP contribution in [0.15, 0.2) is 18.2 Å². The minimum absolute atomic E-state index is 0.102. The lowest BCUT2D eigenvalue weighted by Gasteiger charge is -2.15. The van der Waals surface area contributed by atoms with Gasteiger partial charge in [-0.3, -0.25) is 0 Å². The monoisotopic (exact) mass is 241 g/mol. The summed E-state index contributed by atoms with van der Waals surface area (Å²) in [5.41, 5.74) is 0.945. The molecule has 0 aliphatic heterocycles. The van der Waals surface area contributed by atoms with Crippen LogP contribution in [-0.4, -0.2) is 43.7 Å². The summed E-state index contributed by atoms with van der Waals surface area (Å²) in [6, 6.07) is 5.20. The minimum Gasteiger partial charge on any atom is -0.497 e. The van der Waals surface area contributed by atoms with Crippen molar-refractivity contribution in [1.29, 1.82) is 0 Å². The third-order valence-electron chi connectivity index (χ3n) is 2.52. The second-order valence-electron chi connectivity index (χ2n) is 3.62. The van der Waals surface area contributed by atoms with Crippen molar-refractivity contribution in [3.05, 3.63) is 23.8 Å². The maximum atomic E-state index is 8.94. The zero-order valence-corrected chi connectivity index (χ0v) is 10.1. The summed E-state index contributed by atoms with van der Waals surface area (Å²) in [7, 11) is 3.19. The number of benzene rings is 1. The van der Waals surface area contributed by atoms with Crippen molar-refractivity contribution in [3.63, 3.8) is 0 Å². The molecule has 96 valence electrons. The quantitative estimate of drug-likeness (QED) is 0.633. The second-order valence-corrected chi connectivity index (χ2v) is 3.62. The topological polar surface area (TPSA) is 71.0 Å². The molecule has 0 aliphatic carbocycles. The van der Waals surface area contributed by atoms with Gasteiger partial charge in [-0.05, 0) is 6.07 Å². The molecular weight excluding hydrogens is 222 g/mol. The Labute approximate surface area is 101 Å². The van der Waals surface area contributed by atoms with Gasteiger partial charge in [-0.25, -0.2) is 0 Å². The second kappa shape index (κ2) is 7.11. The van der Waals surface area contributed by atoms with E-state index in [1.54, 1.807) is 20.3 Å². The molecule has 0 spiro atoms. The van der Waals surface area contributed by atoms with E-state index in [-0.39, 0.29) is 19.3 Å². The molecule has 0 saturated carbocycles. The molecule has 1 rings (SSSR count). The summed E-state index contributed by atoms with van der Waals surface area (Å²) in [4.78, 5) is 0. The first-order valence-electron chi connectivity index (χ1n) is 5.41. The fourth-order valence-electron chi connectivity index (χ4n) is 1.44. The molecule has 0 amide bonds. The van der Waals surface area contributed by atoms with E-state index >= 15 is 0 Å². The Morgan fingerprint density at radius 3 is 2.41 bits per heavy atom. The Bertz CT molecular complexity index is 339. The Kier molecular flexibility index (Phi) is 5.76. The number of nitrogens with one attached hydrogen (secondary N) is 1. The highest BCUT2D eigenvalue weighted by Crippen LogP contribution is 2.24. The molecule has 0 aliphatic rings. The fourth-order valence-corrected chi connectivity index (χ4v) is 1.44. The van der Waals surface area contributed by atoms with E-state index < -0.39 is 0 Å². The van der Waals surface area contributed by atoms with Gasteiger partial charge in [0.1, 0.15) is 11.5 Å². The van der Waals surface area contributed by atoms with Gasteiger partial charge in [0.2, 0.25) is 0 Å². The van der Waals surface area contributed by atoms with Crippen LogP contribution in [0.3, 0.4) is 0 Å². The highest BCUT2D eigenvalue weighted by molar-refractivity contribution is 5.40. The van der Waals surface area contributed by atoms with Gasteiger partial charge in [-0.15, -0.1) is 0 Å². The third kappa shape index (κ3) is 3.89. The molecule has 0 bridgehead atoms. The van der Waals surface area contributed by atoms with Crippen molar-refractivity contribution in [2.24, 2.45) is 0 Å². The van der Waals surface area contributed by atoms with Gasteiger partial charge in [0.05, 0.1) is 33.5 Å². The fraction of sp³-hybridized carbons (Fsp3) is 0.500. The van der Waals surface area contributed by atoms with E-state index in [0.29, 0.717) is 12.3 Å². The first-order valence-corrected chi connectivity index (χ1v) is 5.41. The lowest BCUT2D eigenvalue weighted by atomic mass is 10.1.